The summed E-state index contributed by atoms with van der Waals surface area (Å²) in [6.07, 6.45) is 0.0933. The van der Waals surface area contributed by atoms with Gasteiger partial charge in [0.15, 0.2) is 0 Å². The van der Waals surface area contributed by atoms with Crippen LogP contribution in [0.4, 0.5) is 18.9 Å². The molecule has 0 spiro atoms. The molecule has 0 fully saturated rings. The fraction of sp³-hybridized carbons (Fsp3) is 0.250. The molecule has 2 aromatic carbocycles. The van der Waals surface area contributed by atoms with Crippen molar-refractivity contribution in [3.05, 3.63) is 76.9 Å². The van der Waals surface area contributed by atoms with Gasteiger partial charge < -0.3 is 15.2 Å². The number of hydrogen-bond acceptors (Lipinski definition) is 3. The Kier molecular flexibility index (Phi) is 3.79. The van der Waals surface area contributed by atoms with E-state index in [2.05, 4.69) is 5.32 Å². The third-order valence-electron chi connectivity index (χ3n) is 5.20. The van der Waals surface area contributed by atoms with Gasteiger partial charge in [-0.25, -0.2) is 0 Å². The lowest BCUT2D eigenvalue weighted by atomic mass is 9.75. The summed E-state index contributed by atoms with van der Waals surface area (Å²) in [5.41, 5.74) is 1.08. The Morgan fingerprint density at radius 1 is 1.12 bits per heavy atom. The SMILES string of the molecule is O=C([O-])c1ccc2c(c1)[C@H]1C=CC[C@H]1[C@@H](c1ccccc1C(F)(F)F)N2. The van der Waals surface area contributed by atoms with Crippen molar-refractivity contribution < 1.29 is 23.1 Å². The number of nitrogens with one attached hydrogen (secondary N) is 1. The van der Waals surface area contributed by atoms with Gasteiger partial charge in [0.25, 0.3) is 0 Å². The molecule has 2 aliphatic rings. The standard InChI is InChI=1S/C20H16F3NO2/c21-20(22,23)16-7-2-1-4-14(16)18-13-6-3-5-12(13)15-10-11(19(25)26)8-9-17(15)24-18/h1-5,7-10,12-13,18,24H,6H2,(H,25,26)/p-1/t12-,13+,18-/m0/s1. The molecule has 1 aliphatic carbocycles. The topological polar surface area (TPSA) is 52.2 Å². The zero-order valence-electron chi connectivity index (χ0n) is 13.6. The van der Waals surface area contributed by atoms with Crippen molar-refractivity contribution in [3.8, 4) is 0 Å². The Bertz CT molecular complexity index is 904. The van der Waals surface area contributed by atoms with E-state index < -0.39 is 23.8 Å². The number of anilines is 1. The van der Waals surface area contributed by atoms with Crippen molar-refractivity contribution in [1.29, 1.82) is 0 Å². The second kappa shape index (κ2) is 5.90. The Morgan fingerprint density at radius 2 is 1.88 bits per heavy atom. The highest BCUT2D eigenvalue weighted by Crippen LogP contribution is 2.51. The molecule has 0 amide bonds. The van der Waals surface area contributed by atoms with Gasteiger partial charge in [-0.1, -0.05) is 36.4 Å². The predicted octanol–water partition coefficient (Wildman–Crippen LogP) is 3.90. The van der Waals surface area contributed by atoms with Crippen LogP contribution in [0.3, 0.4) is 0 Å². The lowest BCUT2D eigenvalue weighted by Crippen LogP contribution is -2.31. The lowest BCUT2D eigenvalue weighted by Gasteiger charge is -2.38. The molecule has 0 bridgehead atoms. The Hall–Kier alpha value is -2.76. The number of benzene rings is 2. The van der Waals surface area contributed by atoms with Crippen molar-refractivity contribution in [2.45, 2.75) is 24.6 Å². The van der Waals surface area contributed by atoms with E-state index in [0.29, 0.717) is 12.1 Å². The maximum Gasteiger partial charge on any atom is 0.416 e. The maximum atomic E-state index is 13.5. The van der Waals surface area contributed by atoms with Gasteiger partial charge in [0.2, 0.25) is 0 Å². The van der Waals surface area contributed by atoms with E-state index >= 15 is 0 Å². The van der Waals surface area contributed by atoms with Crippen molar-refractivity contribution in [2.75, 3.05) is 5.32 Å². The van der Waals surface area contributed by atoms with Crippen LogP contribution in [0.1, 0.15) is 45.4 Å². The van der Waals surface area contributed by atoms with Crippen LogP contribution in [0.5, 0.6) is 0 Å². The molecular formula is C20H15F3NO2-. The lowest BCUT2D eigenvalue weighted by molar-refractivity contribution is -0.255. The van der Waals surface area contributed by atoms with Crippen LogP contribution in [-0.2, 0) is 6.18 Å². The number of halogens is 3. The monoisotopic (exact) mass is 358 g/mol. The number of fused-ring (bicyclic) bond motifs is 3. The van der Waals surface area contributed by atoms with Crippen LogP contribution in [0.25, 0.3) is 0 Å². The molecule has 6 heteroatoms. The summed E-state index contributed by atoms with van der Waals surface area (Å²) in [7, 11) is 0. The molecular weight excluding hydrogens is 343 g/mol. The number of carboxylic acids is 1. The molecule has 26 heavy (non-hydrogen) atoms. The molecule has 134 valence electrons. The molecule has 0 saturated carbocycles. The largest absolute Gasteiger partial charge is 0.545 e. The molecule has 3 nitrogen and oxygen atoms in total. The average molecular weight is 358 g/mol. The molecule has 4 rings (SSSR count). The smallest absolute Gasteiger partial charge is 0.416 e. The maximum absolute atomic E-state index is 13.5. The summed E-state index contributed by atoms with van der Waals surface area (Å²) in [6, 6.07) is 9.67. The molecule has 1 aliphatic heterocycles. The number of aromatic carboxylic acids is 1. The van der Waals surface area contributed by atoms with Crippen LogP contribution in [0.15, 0.2) is 54.6 Å². The van der Waals surface area contributed by atoms with Crippen molar-refractivity contribution in [1.82, 2.24) is 0 Å². The first-order valence-corrected chi connectivity index (χ1v) is 8.31. The van der Waals surface area contributed by atoms with Gasteiger partial charge in [0, 0.05) is 11.6 Å². The summed E-state index contributed by atoms with van der Waals surface area (Å²) in [6.45, 7) is 0. The first-order valence-electron chi connectivity index (χ1n) is 8.31. The zero-order valence-corrected chi connectivity index (χ0v) is 13.6. The number of carbonyl (C=O) groups is 1. The van der Waals surface area contributed by atoms with Gasteiger partial charge in [0.05, 0.1) is 17.6 Å². The molecule has 0 unspecified atom stereocenters. The summed E-state index contributed by atoms with van der Waals surface area (Å²) < 4.78 is 40.4. The highest BCUT2D eigenvalue weighted by molar-refractivity contribution is 5.87. The van der Waals surface area contributed by atoms with Gasteiger partial charge in [0.1, 0.15) is 0 Å². The van der Waals surface area contributed by atoms with Crippen molar-refractivity contribution in [3.63, 3.8) is 0 Å². The van der Waals surface area contributed by atoms with E-state index in [9.17, 15) is 23.1 Å². The third kappa shape index (κ3) is 2.66. The molecule has 0 saturated heterocycles. The summed E-state index contributed by atoms with van der Waals surface area (Å²) >= 11 is 0. The van der Waals surface area contributed by atoms with Crippen molar-refractivity contribution in [2.24, 2.45) is 5.92 Å². The second-order valence-electron chi connectivity index (χ2n) is 6.65. The van der Waals surface area contributed by atoms with Gasteiger partial charge in [-0.15, -0.1) is 0 Å². The average Bonchev–Trinajstić information content (AvgIpc) is 3.10. The summed E-state index contributed by atoms with van der Waals surface area (Å²) in [4.78, 5) is 11.1. The number of hydrogen-bond donors (Lipinski definition) is 1. The zero-order chi connectivity index (χ0) is 18.5. The van der Waals surface area contributed by atoms with E-state index in [0.717, 1.165) is 11.6 Å². The number of carbonyl (C=O) groups excluding carboxylic acids is 1. The Labute approximate surface area is 148 Å². The highest BCUT2D eigenvalue weighted by Gasteiger charge is 2.42. The van der Waals surface area contributed by atoms with Crippen LogP contribution in [-0.4, -0.2) is 5.97 Å². The van der Waals surface area contributed by atoms with Crippen LogP contribution in [0.2, 0.25) is 0 Å². The molecule has 0 aromatic heterocycles. The molecule has 1 N–H and O–H groups in total. The highest BCUT2D eigenvalue weighted by atomic mass is 19.4. The number of allylic oxidation sites excluding steroid dienone is 2. The summed E-state index contributed by atoms with van der Waals surface area (Å²) in [5.74, 6) is -1.50. The fourth-order valence-electron chi connectivity index (χ4n) is 4.06. The first-order chi connectivity index (χ1) is 12.4. The third-order valence-corrected chi connectivity index (χ3v) is 5.20. The minimum atomic E-state index is -4.43. The first kappa shape index (κ1) is 16.7. The normalized spacial score (nSPS) is 23.9. The van der Waals surface area contributed by atoms with Gasteiger partial charge >= 0.3 is 6.18 Å². The summed E-state index contributed by atoms with van der Waals surface area (Å²) in [5, 5.41) is 14.4. The fourth-order valence-corrected chi connectivity index (χ4v) is 4.06. The molecule has 2 aromatic rings. The van der Waals surface area contributed by atoms with Crippen LogP contribution >= 0.6 is 0 Å². The Morgan fingerprint density at radius 3 is 2.62 bits per heavy atom. The minimum Gasteiger partial charge on any atom is -0.545 e. The Balaban J connectivity index is 1.81. The quantitative estimate of drug-likeness (QED) is 0.829. The molecule has 3 atom stereocenters. The van der Waals surface area contributed by atoms with Crippen LogP contribution < -0.4 is 10.4 Å². The number of rotatable bonds is 2. The van der Waals surface area contributed by atoms with E-state index in [1.807, 2.05) is 12.2 Å². The van der Waals surface area contributed by atoms with Crippen molar-refractivity contribution >= 4 is 11.7 Å². The van der Waals surface area contributed by atoms with E-state index in [4.69, 9.17) is 0 Å². The number of carboxylic acid groups (broad SMARTS) is 1. The van der Waals surface area contributed by atoms with Gasteiger partial charge in [-0.05, 0) is 47.2 Å². The van der Waals surface area contributed by atoms with E-state index in [1.54, 1.807) is 18.2 Å². The molecule has 0 radical (unpaired) electrons. The van der Waals surface area contributed by atoms with Gasteiger partial charge in [-0.3, -0.25) is 0 Å². The second-order valence-corrected chi connectivity index (χ2v) is 6.65. The molecule has 1 heterocycles. The number of alkyl halides is 3. The van der Waals surface area contributed by atoms with E-state index in [-0.39, 0.29) is 23.0 Å². The minimum absolute atomic E-state index is 0.0683. The van der Waals surface area contributed by atoms with Crippen LogP contribution in [0, 0.1) is 5.92 Å². The van der Waals surface area contributed by atoms with Gasteiger partial charge in [-0.2, -0.15) is 13.2 Å². The van der Waals surface area contributed by atoms with E-state index in [1.165, 1.54) is 18.2 Å². The predicted molar refractivity (Wildman–Crippen MR) is 88.6 cm³/mol.